The molecule has 1 saturated heterocycles. The zero-order chi connectivity index (χ0) is 17.2. The average molecular weight is 337 g/mol. The molecular formula is C17H19N7O. The van der Waals surface area contributed by atoms with Crippen LogP contribution in [0, 0.1) is 6.92 Å². The van der Waals surface area contributed by atoms with Gasteiger partial charge in [-0.05, 0) is 25.8 Å². The lowest BCUT2D eigenvalue weighted by molar-refractivity contribution is 0.484. The molecule has 1 unspecified atom stereocenters. The fourth-order valence-corrected chi connectivity index (χ4v) is 3.23. The highest BCUT2D eigenvalue weighted by molar-refractivity contribution is 5.41. The van der Waals surface area contributed by atoms with Crippen molar-refractivity contribution in [3.05, 3.63) is 59.3 Å². The van der Waals surface area contributed by atoms with Crippen LogP contribution in [0.25, 0.3) is 5.82 Å². The highest BCUT2D eigenvalue weighted by atomic mass is 16.1. The smallest absolute Gasteiger partial charge is 0.266 e. The van der Waals surface area contributed by atoms with E-state index in [0.29, 0.717) is 12.4 Å². The highest BCUT2D eigenvalue weighted by Crippen LogP contribution is 2.24. The molecule has 4 rings (SSSR count). The van der Waals surface area contributed by atoms with Crippen LogP contribution in [-0.4, -0.2) is 41.9 Å². The molecular weight excluding hydrogens is 318 g/mol. The number of nitrogens with zero attached hydrogens (tertiary/aromatic N) is 7. The molecule has 3 aromatic rings. The van der Waals surface area contributed by atoms with Crippen LogP contribution in [-0.2, 0) is 6.54 Å². The quantitative estimate of drug-likeness (QED) is 0.711. The second kappa shape index (κ2) is 6.46. The van der Waals surface area contributed by atoms with Gasteiger partial charge in [0.1, 0.15) is 18.5 Å². The van der Waals surface area contributed by atoms with Crippen molar-refractivity contribution < 1.29 is 0 Å². The van der Waals surface area contributed by atoms with Gasteiger partial charge in [0.05, 0.1) is 12.6 Å². The molecule has 25 heavy (non-hydrogen) atoms. The Bertz CT molecular complexity index is 919. The molecule has 0 saturated carbocycles. The number of aromatic nitrogens is 6. The summed E-state index contributed by atoms with van der Waals surface area (Å²) in [6.07, 6.45) is 8.83. The summed E-state index contributed by atoms with van der Waals surface area (Å²) >= 11 is 0. The van der Waals surface area contributed by atoms with Gasteiger partial charge in [-0.25, -0.2) is 19.6 Å². The van der Waals surface area contributed by atoms with Crippen molar-refractivity contribution in [3.63, 3.8) is 0 Å². The Hall–Kier alpha value is -3.03. The summed E-state index contributed by atoms with van der Waals surface area (Å²) in [7, 11) is 0. The molecule has 0 aliphatic carbocycles. The van der Waals surface area contributed by atoms with E-state index in [9.17, 15) is 4.79 Å². The van der Waals surface area contributed by atoms with Crippen molar-refractivity contribution in [2.45, 2.75) is 32.4 Å². The van der Waals surface area contributed by atoms with Gasteiger partial charge in [0.2, 0.25) is 0 Å². The SMILES string of the molecule is Cc1cc(N2CCCC2Cn2nc(-n3ccnc3)ccc2=O)ncn1. The largest absolute Gasteiger partial charge is 0.352 e. The van der Waals surface area contributed by atoms with Crippen molar-refractivity contribution in [1.29, 1.82) is 0 Å². The van der Waals surface area contributed by atoms with Gasteiger partial charge in [0.15, 0.2) is 5.82 Å². The lowest BCUT2D eigenvalue weighted by Gasteiger charge is -2.26. The molecule has 0 aromatic carbocycles. The Kier molecular flexibility index (Phi) is 4.01. The third kappa shape index (κ3) is 3.15. The summed E-state index contributed by atoms with van der Waals surface area (Å²) in [4.78, 5) is 27.1. The van der Waals surface area contributed by atoms with E-state index in [1.165, 1.54) is 4.68 Å². The first-order valence-corrected chi connectivity index (χ1v) is 8.32. The van der Waals surface area contributed by atoms with E-state index in [0.717, 1.165) is 30.9 Å². The standard InChI is InChI=1S/C17H19N7O/c1-13-9-16(20-11-19-13)23-7-2-3-14(23)10-24-17(25)5-4-15(21-24)22-8-6-18-12-22/h4-6,8-9,11-12,14H,2-3,7,10H2,1H3. The minimum absolute atomic E-state index is 0.102. The summed E-state index contributed by atoms with van der Waals surface area (Å²) in [6, 6.07) is 5.44. The third-order valence-corrected chi connectivity index (χ3v) is 4.47. The first kappa shape index (κ1) is 15.5. The van der Waals surface area contributed by atoms with Gasteiger partial charge >= 0.3 is 0 Å². The Labute approximate surface area is 144 Å². The molecule has 0 amide bonds. The fraction of sp³-hybridized carbons (Fsp3) is 0.353. The number of hydrogen-bond donors (Lipinski definition) is 0. The average Bonchev–Trinajstić information content (AvgIpc) is 3.28. The monoisotopic (exact) mass is 337 g/mol. The Morgan fingerprint density at radius 2 is 2.16 bits per heavy atom. The summed E-state index contributed by atoms with van der Waals surface area (Å²) < 4.78 is 3.32. The van der Waals surface area contributed by atoms with Crippen molar-refractivity contribution in [1.82, 2.24) is 29.3 Å². The van der Waals surface area contributed by atoms with Crippen molar-refractivity contribution in [2.75, 3.05) is 11.4 Å². The number of imidazole rings is 1. The molecule has 3 aromatic heterocycles. The summed E-state index contributed by atoms with van der Waals surface area (Å²) in [5.74, 6) is 1.59. The molecule has 0 spiro atoms. The molecule has 1 aliphatic rings. The van der Waals surface area contributed by atoms with E-state index in [2.05, 4.69) is 25.0 Å². The zero-order valence-electron chi connectivity index (χ0n) is 14.0. The zero-order valence-corrected chi connectivity index (χ0v) is 14.0. The Morgan fingerprint density at radius 3 is 2.96 bits per heavy atom. The minimum atomic E-state index is -0.102. The Balaban J connectivity index is 1.61. The van der Waals surface area contributed by atoms with E-state index in [1.807, 2.05) is 19.2 Å². The predicted molar refractivity (Wildman–Crippen MR) is 92.8 cm³/mol. The van der Waals surface area contributed by atoms with E-state index >= 15 is 0 Å². The number of hydrogen-bond acceptors (Lipinski definition) is 6. The molecule has 4 heterocycles. The van der Waals surface area contributed by atoms with Gasteiger partial charge < -0.3 is 4.90 Å². The highest BCUT2D eigenvalue weighted by Gasteiger charge is 2.26. The van der Waals surface area contributed by atoms with Crippen LogP contribution >= 0.6 is 0 Å². The van der Waals surface area contributed by atoms with Gasteiger partial charge in [-0.3, -0.25) is 9.36 Å². The van der Waals surface area contributed by atoms with Crippen LogP contribution < -0.4 is 10.5 Å². The number of rotatable bonds is 4. The van der Waals surface area contributed by atoms with E-state index in [-0.39, 0.29) is 11.6 Å². The summed E-state index contributed by atoms with van der Waals surface area (Å²) in [5, 5.41) is 4.49. The molecule has 0 N–H and O–H groups in total. The molecule has 0 bridgehead atoms. The third-order valence-electron chi connectivity index (χ3n) is 4.47. The summed E-state index contributed by atoms with van der Waals surface area (Å²) in [6.45, 7) is 3.42. The lowest BCUT2D eigenvalue weighted by atomic mass is 10.2. The normalized spacial score (nSPS) is 17.2. The van der Waals surface area contributed by atoms with Crippen molar-refractivity contribution in [2.24, 2.45) is 0 Å². The van der Waals surface area contributed by atoms with Crippen molar-refractivity contribution >= 4 is 5.82 Å². The van der Waals surface area contributed by atoms with Crippen molar-refractivity contribution in [3.8, 4) is 5.82 Å². The second-order valence-corrected chi connectivity index (χ2v) is 6.19. The maximum Gasteiger partial charge on any atom is 0.266 e. The predicted octanol–water partition coefficient (Wildman–Crippen LogP) is 1.20. The maximum atomic E-state index is 12.3. The van der Waals surface area contributed by atoms with Crippen LogP contribution in [0.15, 0.2) is 48.0 Å². The van der Waals surface area contributed by atoms with Gasteiger partial charge in [-0.2, -0.15) is 5.10 Å². The molecule has 1 aliphatic heterocycles. The first-order chi connectivity index (χ1) is 12.2. The lowest BCUT2D eigenvalue weighted by Crippen LogP contribution is -2.37. The van der Waals surface area contributed by atoms with E-state index in [4.69, 9.17) is 0 Å². The first-order valence-electron chi connectivity index (χ1n) is 8.32. The maximum absolute atomic E-state index is 12.3. The second-order valence-electron chi connectivity index (χ2n) is 6.19. The molecule has 1 fully saturated rings. The van der Waals surface area contributed by atoms with Crippen LogP contribution in [0.4, 0.5) is 5.82 Å². The van der Waals surface area contributed by atoms with Gasteiger partial charge in [0, 0.05) is 36.8 Å². The molecule has 128 valence electrons. The molecule has 8 nitrogen and oxygen atoms in total. The topological polar surface area (TPSA) is 81.7 Å². The summed E-state index contributed by atoms with van der Waals surface area (Å²) in [5.41, 5.74) is 0.836. The molecule has 8 heteroatoms. The minimum Gasteiger partial charge on any atom is -0.352 e. The van der Waals surface area contributed by atoms with Crippen LogP contribution in [0.1, 0.15) is 18.5 Å². The van der Waals surface area contributed by atoms with Crippen LogP contribution in [0.2, 0.25) is 0 Å². The van der Waals surface area contributed by atoms with Crippen LogP contribution in [0.3, 0.4) is 0 Å². The Morgan fingerprint density at radius 1 is 1.24 bits per heavy atom. The van der Waals surface area contributed by atoms with Gasteiger partial charge in [-0.15, -0.1) is 0 Å². The number of anilines is 1. The van der Waals surface area contributed by atoms with E-state index in [1.54, 1.807) is 35.6 Å². The van der Waals surface area contributed by atoms with E-state index < -0.39 is 0 Å². The fourth-order valence-electron chi connectivity index (χ4n) is 3.23. The molecule has 0 radical (unpaired) electrons. The van der Waals surface area contributed by atoms with Crippen LogP contribution in [0.5, 0.6) is 0 Å². The van der Waals surface area contributed by atoms with Gasteiger partial charge in [0.25, 0.3) is 5.56 Å². The van der Waals surface area contributed by atoms with Gasteiger partial charge in [-0.1, -0.05) is 0 Å². The number of aryl methyl sites for hydroxylation is 1. The molecule has 1 atom stereocenters.